The van der Waals surface area contributed by atoms with E-state index in [0.29, 0.717) is 25.9 Å². The minimum Gasteiger partial charge on any atom is -0.490 e. The molecule has 0 bridgehead atoms. The van der Waals surface area contributed by atoms with Gasteiger partial charge in [-0.1, -0.05) is 0 Å². The second kappa shape index (κ2) is 9.09. The molecule has 2 saturated heterocycles. The zero-order valence-corrected chi connectivity index (χ0v) is 19.7. The van der Waals surface area contributed by atoms with Crippen LogP contribution in [0.4, 0.5) is 28.9 Å². The highest BCUT2D eigenvalue weighted by atomic mass is 32.1. The van der Waals surface area contributed by atoms with Crippen LogP contribution < -0.4 is 14.5 Å². The predicted molar refractivity (Wildman–Crippen MR) is 124 cm³/mol. The Bertz CT molecular complexity index is 1220. The van der Waals surface area contributed by atoms with Gasteiger partial charge in [0.15, 0.2) is 16.7 Å². The van der Waals surface area contributed by atoms with Crippen molar-refractivity contribution in [1.82, 2.24) is 0 Å². The lowest BCUT2D eigenvalue weighted by atomic mass is 10.0. The zero-order chi connectivity index (χ0) is 25.5. The second-order valence-corrected chi connectivity index (χ2v) is 9.18. The van der Waals surface area contributed by atoms with Gasteiger partial charge in [-0.25, -0.2) is 4.39 Å². The molecule has 2 aliphatic rings. The van der Waals surface area contributed by atoms with Crippen molar-refractivity contribution in [3.8, 4) is 11.8 Å². The lowest BCUT2D eigenvalue weighted by Crippen LogP contribution is -2.44. The molecule has 2 aromatic carbocycles. The number of benzene rings is 2. The fourth-order valence-electron chi connectivity index (χ4n) is 4.13. The monoisotopic (exact) mass is 507 g/mol. The number of ether oxygens (including phenoxy) is 2. The van der Waals surface area contributed by atoms with Gasteiger partial charge in [0.2, 0.25) is 0 Å². The zero-order valence-electron chi connectivity index (χ0n) is 18.9. The summed E-state index contributed by atoms with van der Waals surface area (Å²) in [4.78, 5) is 15.6. The first kappa shape index (κ1) is 24.9. The Morgan fingerprint density at radius 1 is 1.23 bits per heavy atom. The maximum Gasteiger partial charge on any atom is 0.417 e. The predicted octanol–water partition coefficient (Wildman–Crippen LogP) is 5.05. The van der Waals surface area contributed by atoms with Crippen LogP contribution in [0.1, 0.15) is 31.4 Å². The van der Waals surface area contributed by atoms with Crippen LogP contribution in [0, 0.1) is 23.1 Å². The number of thiocarbonyl (C=S) groups is 1. The van der Waals surface area contributed by atoms with Crippen molar-refractivity contribution in [3.63, 3.8) is 0 Å². The van der Waals surface area contributed by atoms with Gasteiger partial charge < -0.3 is 14.4 Å². The molecule has 6 nitrogen and oxygen atoms in total. The van der Waals surface area contributed by atoms with Gasteiger partial charge in [0, 0.05) is 24.3 Å². The summed E-state index contributed by atoms with van der Waals surface area (Å²) in [6.45, 7) is 4.58. The average molecular weight is 508 g/mol. The van der Waals surface area contributed by atoms with Crippen molar-refractivity contribution in [2.24, 2.45) is 5.92 Å². The number of carbonyl (C=O) groups is 1. The van der Waals surface area contributed by atoms with Crippen molar-refractivity contribution >= 4 is 34.6 Å². The smallest absolute Gasteiger partial charge is 0.417 e. The summed E-state index contributed by atoms with van der Waals surface area (Å²) in [7, 11) is 0. The molecule has 1 amide bonds. The van der Waals surface area contributed by atoms with Crippen LogP contribution in [0.15, 0.2) is 36.4 Å². The molecule has 1 atom stereocenters. The van der Waals surface area contributed by atoms with E-state index in [4.69, 9.17) is 27.0 Å². The van der Waals surface area contributed by atoms with Crippen LogP contribution in [0.2, 0.25) is 0 Å². The summed E-state index contributed by atoms with van der Waals surface area (Å²) < 4.78 is 66.2. The highest BCUT2D eigenvalue weighted by molar-refractivity contribution is 7.81. The number of amides is 1. The van der Waals surface area contributed by atoms with Gasteiger partial charge in [-0.15, -0.1) is 0 Å². The summed E-state index contributed by atoms with van der Waals surface area (Å²) in [5, 5.41) is 8.93. The van der Waals surface area contributed by atoms with Crippen LogP contribution in [0.25, 0.3) is 0 Å². The van der Waals surface area contributed by atoms with Gasteiger partial charge in [-0.2, -0.15) is 18.4 Å². The lowest BCUT2D eigenvalue weighted by Gasteiger charge is -2.29. The fourth-order valence-corrected chi connectivity index (χ4v) is 4.65. The number of anilines is 2. The van der Waals surface area contributed by atoms with E-state index in [2.05, 4.69) is 0 Å². The van der Waals surface area contributed by atoms with E-state index in [1.54, 1.807) is 13.8 Å². The van der Waals surface area contributed by atoms with E-state index in [1.165, 1.54) is 35.2 Å². The van der Waals surface area contributed by atoms with Crippen LogP contribution in [0.5, 0.6) is 5.75 Å². The summed E-state index contributed by atoms with van der Waals surface area (Å²) in [6.07, 6.45) is -3.97. The first-order chi connectivity index (χ1) is 16.4. The number of rotatable bonds is 5. The SMILES string of the molecule is CC1(C)C(=O)N(c2ccc(C#N)c(C(F)(F)F)c2)C(=S)N1c1ccc(OC[C@H]2CCOC2)c(F)c1. The molecule has 11 heteroatoms. The molecule has 0 aliphatic carbocycles. The van der Waals surface area contributed by atoms with Gasteiger partial charge in [-0.05, 0) is 62.8 Å². The van der Waals surface area contributed by atoms with E-state index >= 15 is 0 Å². The molecule has 2 aliphatic heterocycles. The normalized spacial score (nSPS) is 19.9. The van der Waals surface area contributed by atoms with E-state index in [-0.39, 0.29) is 28.2 Å². The Morgan fingerprint density at radius 2 is 1.94 bits per heavy atom. The van der Waals surface area contributed by atoms with Gasteiger partial charge in [0.25, 0.3) is 5.91 Å². The van der Waals surface area contributed by atoms with E-state index in [1.807, 2.05) is 0 Å². The lowest BCUT2D eigenvalue weighted by molar-refractivity contribution is -0.137. The molecule has 4 rings (SSSR count). The molecule has 2 aromatic rings. The Kier molecular flexibility index (Phi) is 6.46. The third-order valence-corrected chi connectivity index (χ3v) is 6.39. The summed E-state index contributed by atoms with van der Waals surface area (Å²) in [5.41, 5.74) is -2.96. The minimum absolute atomic E-state index is 0.0358. The molecular weight excluding hydrogens is 486 g/mol. The molecular formula is C24H21F4N3O3S. The maximum atomic E-state index is 14.9. The van der Waals surface area contributed by atoms with E-state index in [0.717, 1.165) is 17.4 Å². The number of carbonyl (C=O) groups excluding carboxylic acids is 1. The van der Waals surface area contributed by atoms with Crippen molar-refractivity contribution in [2.45, 2.75) is 32.0 Å². The third kappa shape index (κ3) is 4.56. The van der Waals surface area contributed by atoms with Gasteiger partial charge >= 0.3 is 6.18 Å². The van der Waals surface area contributed by atoms with Crippen LogP contribution in [-0.4, -0.2) is 36.4 Å². The van der Waals surface area contributed by atoms with Gasteiger partial charge in [0.1, 0.15) is 5.54 Å². The van der Waals surface area contributed by atoms with Crippen LogP contribution in [-0.2, 0) is 15.7 Å². The van der Waals surface area contributed by atoms with Crippen molar-refractivity contribution in [3.05, 3.63) is 53.3 Å². The standard InChI is InChI=1S/C24H21F4N3O3S/c1-23(2)21(32)30(16-4-3-15(11-29)18(9-16)24(26,27)28)22(35)31(23)17-5-6-20(19(25)10-17)34-13-14-7-8-33-12-14/h3-6,9-10,14H,7-8,12-13H2,1-2H3/t14-/m0/s1. The second-order valence-electron chi connectivity index (χ2n) is 8.81. The molecule has 0 aromatic heterocycles. The number of alkyl halides is 3. The van der Waals surface area contributed by atoms with Gasteiger partial charge in [-0.3, -0.25) is 9.69 Å². The first-order valence-corrected chi connectivity index (χ1v) is 11.2. The summed E-state index contributed by atoms with van der Waals surface area (Å²) >= 11 is 5.47. The van der Waals surface area contributed by atoms with Crippen LogP contribution >= 0.6 is 12.2 Å². The Labute approximate surface area is 204 Å². The number of nitriles is 1. The molecule has 0 radical (unpaired) electrons. The molecule has 2 fully saturated rings. The fraction of sp³-hybridized carbons (Fsp3) is 0.375. The molecule has 0 unspecified atom stereocenters. The van der Waals surface area contributed by atoms with Crippen molar-refractivity contribution < 1.29 is 31.8 Å². The van der Waals surface area contributed by atoms with Crippen molar-refractivity contribution in [2.75, 3.05) is 29.6 Å². The number of nitrogens with zero attached hydrogens (tertiary/aromatic N) is 3. The van der Waals surface area contributed by atoms with Crippen molar-refractivity contribution in [1.29, 1.82) is 5.26 Å². The first-order valence-electron chi connectivity index (χ1n) is 10.8. The number of hydrogen-bond acceptors (Lipinski definition) is 5. The molecule has 2 heterocycles. The minimum atomic E-state index is -4.80. The highest BCUT2D eigenvalue weighted by Crippen LogP contribution is 2.40. The maximum absolute atomic E-state index is 14.9. The Morgan fingerprint density at radius 3 is 2.54 bits per heavy atom. The molecule has 184 valence electrons. The average Bonchev–Trinajstić information content (AvgIpc) is 3.37. The quantitative estimate of drug-likeness (QED) is 0.417. The van der Waals surface area contributed by atoms with E-state index < -0.39 is 34.6 Å². The van der Waals surface area contributed by atoms with Gasteiger partial charge in [0.05, 0.1) is 36.1 Å². The molecule has 0 spiro atoms. The summed E-state index contributed by atoms with van der Waals surface area (Å²) in [6, 6.07) is 8.57. The Hall–Kier alpha value is -3.23. The van der Waals surface area contributed by atoms with Crippen LogP contribution in [0.3, 0.4) is 0 Å². The summed E-state index contributed by atoms with van der Waals surface area (Å²) in [5.74, 6) is -1.04. The third-order valence-electron chi connectivity index (χ3n) is 6.03. The number of halogens is 4. The molecule has 0 saturated carbocycles. The topological polar surface area (TPSA) is 65.8 Å². The highest BCUT2D eigenvalue weighted by Gasteiger charge is 2.51. The van der Waals surface area contributed by atoms with E-state index in [9.17, 15) is 22.4 Å². The molecule has 0 N–H and O–H groups in total. The Balaban J connectivity index is 1.64. The molecule has 35 heavy (non-hydrogen) atoms. The largest absolute Gasteiger partial charge is 0.490 e. The number of hydrogen-bond donors (Lipinski definition) is 0.